The summed E-state index contributed by atoms with van der Waals surface area (Å²) in [5, 5.41) is 0. The van der Waals surface area contributed by atoms with Crippen LogP contribution in [-0.4, -0.2) is 0 Å². The van der Waals surface area contributed by atoms with Crippen LogP contribution in [0.5, 0.6) is 0 Å². The Kier molecular flexibility index (Phi) is 9.02. The molecule has 0 fully saturated rings. The molecular formula is C71H50N2. The highest BCUT2D eigenvalue weighted by Gasteiger charge is 2.52. The van der Waals surface area contributed by atoms with E-state index in [4.69, 9.17) is 0 Å². The molecule has 0 radical (unpaired) electrons. The average molecular weight is 931 g/mol. The predicted molar refractivity (Wildman–Crippen MR) is 308 cm³/mol. The molecule has 0 amide bonds. The minimum absolute atomic E-state index is 0.199. The molecule has 0 bridgehead atoms. The molecule has 0 saturated carbocycles. The van der Waals surface area contributed by atoms with E-state index >= 15 is 0 Å². The van der Waals surface area contributed by atoms with Gasteiger partial charge in [-0.05, 0) is 161 Å². The van der Waals surface area contributed by atoms with Crippen molar-refractivity contribution in [3.8, 4) is 22.3 Å². The van der Waals surface area contributed by atoms with Crippen LogP contribution in [0.1, 0.15) is 87.0 Å². The Morgan fingerprint density at radius 1 is 0.370 bits per heavy atom. The van der Waals surface area contributed by atoms with E-state index in [-0.39, 0.29) is 5.41 Å². The summed E-state index contributed by atoms with van der Waals surface area (Å²) in [6.07, 6.45) is 23.7. The summed E-state index contributed by atoms with van der Waals surface area (Å²) in [5.74, 6) is 0. The summed E-state index contributed by atoms with van der Waals surface area (Å²) in [4.78, 5) is 4.91. The third kappa shape index (κ3) is 6.05. The van der Waals surface area contributed by atoms with Gasteiger partial charge in [0, 0.05) is 16.8 Å². The van der Waals surface area contributed by atoms with Crippen LogP contribution in [0.25, 0.3) is 64.3 Å². The molecule has 1 unspecified atom stereocenters. The summed E-state index contributed by atoms with van der Waals surface area (Å²) in [7, 11) is 0. The van der Waals surface area contributed by atoms with Gasteiger partial charge in [0.15, 0.2) is 0 Å². The molecule has 2 heterocycles. The highest BCUT2D eigenvalue weighted by atomic mass is 15.2. The minimum Gasteiger partial charge on any atom is -0.309 e. The molecule has 4 aliphatic carbocycles. The molecule has 2 aliphatic heterocycles. The van der Waals surface area contributed by atoms with Gasteiger partial charge < -0.3 is 9.80 Å². The van der Waals surface area contributed by atoms with E-state index in [0.717, 1.165) is 12.1 Å². The molecule has 0 aromatic heterocycles. The maximum absolute atomic E-state index is 2.52. The van der Waals surface area contributed by atoms with Crippen molar-refractivity contribution in [3.05, 3.63) is 291 Å². The van der Waals surface area contributed by atoms with E-state index in [2.05, 4.69) is 279 Å². The Morgan fingerprint density at radius 2 is 0.795 bits per heavy atom. The highest BCUT2D eigenvalue weighted by Crippen LogP contribution is 2.64. The van der Waals surface area contributed by atoms with Crippen molar-refractivity contribution in [1.82, 2.24) is 0 Å². The SMILES string of the molecule is CC1(C)c2cc(C=Cc3ccc4c(c3)C3(C5=C(C=CC=CC5)c5ccccc53)c3cc(N5c6ccccc6C=Cc6ccccc65)ccc3-4)ccc2-c2ccc(N3c4ccccc4C=Cc4ccccc43)cc21. The lowest BCUT2D eigenvalue weighted by Gasteiger charge is -2.34. The van der Waals surface area contributed by atoms with Crippen LogP contribution in [-0.2, 0) is 10.8 Å². The number of anilines is 6. The number of hydrogen-bond acceptors (Lipinski definition) is 2. The normalized spacial score (nSPS) is 17.5. The standard InChI is InChI=1S/C71H50N2/c1-70(2)62-42-46(30-38-56(62)57-40-36-52(44-63(57)70)72-66-24-12-6-16-48(66)32-33-49-17-7-13-25-67(49)72)28-29-47-31-39-58-59-41-37-53(73-68-26-14-8-18-50(68)34-35-51-19-9-15-27-69(51)73)45-65(59)71(64(58)43-47)60-22-5-3-4-20-54(60)55-21-10-11-23-61(55)71/h3-21,23-45H,22H2,1-2H3. The van der Waals surface area contributed by atoms with Crippen LogP contribution in [0, 0.1) is 0 Å². The van der Waals surface area contributed by atoms with Crippen molar-refractivity contribution in [2.24, 2.45) is 0 Å². The van der Waals surface area contributed by atoms with Crippen LogP contribution >= 0.6 is 0 Å². The maximum Gasteiger partial charge on any atom is 0.0692 e. The van der Waals surface area contributed by atoms with E-state index in [0.29, 0.717) is 0 Å². The molecule has 9 aromatic carbocycles. The number of rotatable bonds is 4. The molecular weight excluding hydrogens is 881 g/mol. The van der Waals surface area contributed by atoms with Gasteiger partial charge in [0.2, 0.25) is 0 Å². The molecule has 344 valence electrons. The molecule has 1 spiro atoms. The molecule has 15 rings (SSSR count). The van der Waals surface area contributed by atoms with Crippen LogP contribution in [0.4, 0.5) is 34.1 Å². The van der Waals surface area contributed by atoms with Crippen LogP contribution in [0.15, 0.2) is 224 Å². The van der Waals surface area contributed by atoms with Gasteiger partial charge in [-0.1, -0.05) is 214 Å². The quantitative estimate of drug-likeness (QED) is 0.162. The summed E-state index contributed by atoms with van der Waals surface area (Å²) < 4.78 is 0. The molecule has 73 heavy (non-hydrogen) atoms. The van der Waals surface area contributed by atoms with Gasteiger partial charge in [-0.15, -0.1) is 0 Å². The number of benzene rings is 9. The first-order valence-electron chi connectivity index (χ1n) is 25.7. The number of para-hydroxylation sites is 4. The average Bonchev–Trinajstić information content (AvgIpc) is 3.67. The molecule has 0 saturated heterocycles. The molecule has 6 aliphatic rings. The lowest BCUT2D eigenvalue weighted by Crippen LogP contribution is -2.27. The second-order valence-electron chi connectivity index (χ2n) is 20.8. The van der Waals surface area contributed by atoms with Crippen LogP contribution in [0.3, 0.4) is 0 Å². The summed E-state index contributed by atoms with van der Waals surface area (Å²) in [6, 6.07) is 72.9. The molecule has 0 N–H and O–H groups in total. The Balaban J connectivity index is 0.830. The highest BCUT2D eigenvalue weighted by molar-refractivity contribution is 6.01. The largest absolute Gasteiger partial charge is 0.309 e. The zero-order valence-corrected chi connectivity index (χ0v) is 40.9. The monoisotopic (exact) mass is 930 g/mol. The van der Waals surface area contributed by atoms with Crippen molar-refractivity contribution < 1.29 is 0 Å². The van der Waals surface area contributed by atoms with Gasteiger partial charge in [-0.3, -0.25) is 0 Å². The van der Waals surface area contributed by atoms with E-state index in [1.165, 1.54) is 129 Å². The Hall–Kier alpha value is -8.98. The summed E-state index contributed by atoms with van der Waals surface area (Å²) >= 11 is 0. The topological polar surface area (TPSA) is 6.48 Å². The molecule has 1 atom stereocenters. The van der Waals surface area contributed by atoms with Crippen molar-refractivity contribution in [3.63, 3.8) is 0 Å². The first-order valence-corrected chi connectivity index (χ1v) is 25.7. The lowest BCUT2D eigenvalue weighted by atomic mass is 9.68. The van der Waals surface area contributed by atoms with E-state index in [1.54, 1.807) is 0 Å². The number of allylic oxidation sites excluding steroid dienone is 6. The Morgan fingerprint density at radius 3 is 1.34 bits per heavy atom. The van der Waals surface area contributed by atoms with Gasteiger partial charge in [0.05, 0.1) is 28.2 Å². The van der Waals surface area contributed by atoms with Crippen LogP contribution < -0.4 is 9.80 Å². The van der Waals surface area contributed by atoms with E-state index in [9.17, 15) is 0 Å². The smallest absolute Gasteiger partial charge is 0.0692 e. The molecule has 9 aromatic rings. The summed E-state index contributed by atoms with van der Waals surface area (Å²) in [6.45, 7) is 4.79. The fourth-order valence-electron chi connectivity index (χ4n) is 13.3. The first-order chi connectivity index (χ1) is 35.9. The molecule has 2 heteroatoms. The Bertz CT molecular complexity index is 3950. The van der Waals surface area contributed by atoms with Gasteiger partial charge >= 0.3 is 0 Å². The second kappa shape index (κ2) is 15.8. The molecule has 2 nitrogen and oxygen atoms in total. The van der Waals surface area contributed by atoms with E-state index < -0.39 is 5.41 Å². The van der Waals surface area contributed by atoms with Crippen molar-refractivity contribution in [2.75, 3.05) is 9.80 Å². The predicted octanol–water partition coefficient (Wildman–Crippen LogP) is 18.7. The van der Waals surface area contributed by atoms with Crippen molar-refractivity contribution in [1.29, 1.82) is 0 Å². The fourth-order valence-corrected chi connectivity index (χ4v) is 13.3. The van der Waals surface area contributed by atoms with Crippen molar-refractivity contribution >= 4 is 76.2 Å². The third-order valence-corrected chi connectivity index (χ3v) is 16.6. The number of fused-ring (bicyclic) bond motifs is 16. The minimum atomic E-state index is -0.477. The third-order valence-electron chi connectivity index (χ3n) is 16.6. The Labute approximate surface area is 427 Å². The van der Waals surface area contributed by atoms with E-state index in [1.807, 2.05) is 0 Å². The zero-order valence-electron chi connectivity index (χ0n) is 40.9. The van der Waals surface area contributed by atoms with Gasteiger partial charge in [0.1, 0.15) is 0 Å². The van der Waals surface area contributed by atoms with Crippen molar-refractivity contribution in [2.45, 2.75) is 31.1 Å². The second-order valence-corrected chi connectivity index (χ2v) is 20.8. The van der Waals surface area contributed by atoms with Gasteiger partial charge in [0.25, 0.3) is 0 Å². The fraction of sp³-hybridized carbons (Fsp3) is 0.0704. The number of nitrogens with zero attached hydrogens (tertiary/aromatic N) is 2. The van der Waals surface area contributed by atoms with Crippen LogP contribution in [0.2, 0.25) is 0 Å². The maximum atomic E-state index is 2.52. The lowest BCUT2D eigenvalue weighted by molar-refractivity contribution is 0.660. The number of hydrogen-bond donors (Lipinski definition) is 0. The zero-order chi connectivity index (χ0) is 48.4. The summed E-state index contributed by atoms with van der Waals surface area (Å²) in [5.41, 5.74) is 29.7. The first kappa shape index (κ1) is 41.8. The van der Waals surface area contributed by atoms with Gasteiger partial charge in [-0.25, -0.2) is 0 Å². The van der Waals surface area contributed by atoms with Gasteiger partial charge in [-0.2, -0.15) is 0 Å².